The van der Waals surface area contributed by atoms with E-state index in [1.54, 1.807) is 0 Å². The first-order valence-corrected chi connectivity index (χ1v) is 14.0. The molecule has 0 aromatic carbocycles. The van der Waals surface area contributed by atoms with Gasteiger partial charge in [-0.2, -0.15) is 0 Å². The highest BCUT2D eigenvalue weighted by Crippen LogP contribution is 2.75. The summed E-state index contributed by atoms with van der Waals surface area (Å²) in [7, 11) is 1.83. The Hall–Kier alpha value is -0.200. The minimum absolute atomic E-state index is 0.0990. The van der Waals surface area contributed by atoms with Gasteiger partial charge in [-0.1, -0.05) is 27.7 Å². The molecule has 6 aliphatic rings. The summed E-state index contributed by atoms with van der Waals surface area (Å²) in [6.45, 7) is 10.8. The third-order valence-corrected chi connectivity index (χ3v) is 12.9. The van der Waals surface area contributed by atoms with E-state index in [1.807, 2.05) is 7.11 Å². The second-order valence-corrected chi connectivity index (χ2v) is 14.0. The van der Waals surface area contributed by atoms with Crippen LogP contribution in [-0.4, -0.2) is 48.3 Å². The SMILES string of the molecule is COC12CC(C)CNC1CC1C(CC3(C)C1(C)CCC1C4(C)CCC(N)CC4CCC13O)O2. The molecule has 33 heavy (non-hydrogen) atoms. The lowest BCUT2D eigenvalue weighted by atomic mass is 9.38. The molecule has 4 saturated carbocycles. The third-order valence-electron chi connectivity index (χ3n) is 12.9. The topological polar surface area (TPSA) is 76.7 Å². The summed E-state index contributed by atoms with van der Waals surface area (Å²) in [5.41, 5.74) is 5.99. The van der Waals surface area contributed by atoms with Crippen LogP contribution in [0.4, 0.5) is 0 Å². The second-order valence-electron chi connectivity index (χ2n) is 14.0. The number of ether oxygens (including phenoxy) is 2. The molecule has 5 nitrogen and oxygen atoms in total. The summed E-state index contributed by atoms with van der Waals surface area (Å²) in [6.07, 6.45) is 11.1. The highest BCUT2D eigenvalue weighted by Gasteiger charge is 2.75. The van der Waals surface area contributed by atoms with Crippen molar-refractivity contribution < 1.29 is 14.6 Å². The van der Waals surface area contributed by atoms with Crippen molar-refractivity contribution in [1.29, 1.82) is 0 Å². The number of aliphatic hydroxyl groups is 1. The molecule has 4 N–H and O–H groups in total. The summed E-state index contributed by atoms with van der Waals surface area (Å²) in [5.74, 6) is 1.57. The molecule has 0 amide bonds. The van der Waals surface area contributed by atoms with Crippen LogP contribution in [0, 0.1) is 39.9 Å². The van der Waals surface area contributed by atoms with Crippen LogP contribution in [0.1, 0.15) is 91.9 Å². The first-order chi connectivity index (χ1) is 15.5. The van der Waals surface area contributed by atoms with E-state index >= 15 is 0 Å². The Morgan fingerprint density at radius 2 is 1.82 bits per heavy atom. The molecule has 0 radical (unpaired) electrons. The predicted molar refractivity (Wildman–Crippen MR) is 129 cm³/mol. The fourth-order valence-electron chi connectivity index (χ4n) is 10.8. The summed E-state index contributed by atoms with van der Waals surface area (Å²) in [6, 6.07) is 0.601. The highest BCUT2D eigenvalue weighted by atomic mass is 16.7. The average Bonchev–Trinajstić information content (AvgIpc) is 3.00. The maximum Gasteiger partial charge on any atom is 0.183 e. The lowest BCUT2D eigenvalue weighted by Gasteiger charge is -2.68. The van der Waals surface area contributed by atoms with Gasteiger partial charge in [-0.3, -0.25) is 0 Å². The smallest absolute Gasteiger partial charge is 0.183 e. The van der Waals surface area contributed by atoms with Crippen molar-refractivity contribution in [3.05, 3.63) is 0 Å². The van der Waals surface area contributed by atoms with Gasteiger partial charge in [0, 0.05) is 25.0 Å². The Bertz CT molecular complexity index is 808. The van der Waals surface area contributed by atoms with Gasteiger partial charge in [-0.25, -0.2) is 0 Å². The number of hydrogen-bond donors (Lipinski definition) is 3. The molecule has 12 unspecified atom stereocenters. The standard InChI is InChI=1S/C28H48N2O3/c1-17-14-28(32-5)23(30-16-17)13-20-21(33-28)15-26(4)25(20,3)10-8-22-24(2)9-7-19(29)12-18(24)6-11-27(22,26)31/h17-23,30-31H,6-16,29H2,1-5H3. The van der Waals surface area contributed by atoms with Crippen LogP contribution in [0.5, 0.6) is 0 Å². The van der Waals surface area contributed by atoms with Gasteiger partial charge < -0.3 is 25.6 Å². The van der Waals surface area contributed by atoms with E-state index in [1.165, 1.54) is 12.8 Å². The largest absolute Gasteiger partial charge is 0.389 e. The molecular formula is C28H48N2O3. The number of hydrogen-bond acceptors (Lipinski definition) is 5. The molecule has 0 aromatic heterocycles. The molecule has 6 rings (SSSR count). The normalized spacial score (nSPS) is 62.5. The molecule has 0 spiro atoms. The van der Waals surface area contributed by atoms with Crippen molar-refractivity contribution >= 4 is 0 Å². The fraction of sp³-hybridized carbons (Fsp3) is 1.00. The van der Waals surface area contributed by atoms with Crippen molar-refractivity contribution in [3.8, 4) is 0 Å². The first-order valence-electron chi connectivity index (χ1n) is 14.0. The van der Waals surface area contributed by atoms with Crippen molar-refractivity contribution in [2.24, 2.45) is 45.7 Å². The molecule has 4 aliphatic carbocycles. The zero-order valence-electron chi connectivity index (χ0n) is 21.7. The van der Waals surface area contributed by atoms with E-state index in [0.29, 0.717) is 29.7 Å². The monoisotopic (exact) mass is 460 g/mol. The number of piperidine rings is 1. The van der Waals surface area contributed by atoms with Crippen LogP contribution in [0.2, 0.25) is 0 Å². The van der Waals surface area contributed by atoms with Gasteiger partial charge in [0.25, 0.3) is 0 Å². The second kappa shape index (κ2) is 7.18. The number of nitrogens with two attached hydrogens (primary N) is 1. The average molecular weight is 461 g/mol. The van der Waals surface area contributed by atoms with Crippen LogP contribution < -0.4 is 11.1 Å². The molecule has 2 aliphatic heterocycles. The number of nitrogens with one attached hydrogen (secondary N) is 1. The Kier molecular flexibility index (Phi) is 5.05. The first kappa shape index (κ1) is 23.2. The Balaban J connectivity index is 1.36. The van der Waals surface area contributed by atoms with E-state index in [-0.39, 0.29) is 28.4 Å². The van der Waals surface area contributed by atoms with Crippen LogP contribution in [-0.2, 0) is 9.47 Å². The van der Waals surface area contributed by atoms with Crippen LogP contribution in [0.25, 0.3) is 0 Å². The summed E-state index contributed by atoms with van der Waals surface area (Å²) in [5, 5.41) is 16.6. The minimum Gasteiger partial charge on any atom is -0.389 e. The van der Waals surface area contributed by atoms with E-state index < -0.39 is 11.4 Å². The number of methoxy groups -OCH3 is 1. The maximum absolute atomic E-state index is 12.8. The molecule has 12 atom stereocenters. The molecule has 0 aromatic rings. The quantitative estimate of drug-likeness (QED) is 0.546. The minimum atomic E-state index is -0.612. The van der Waals surface area contributed by atoms with E-state index in [2.05, 4.69) is 33.0 Å². The van der Waals surface area contributed by atoms with Crippen LogP contribution >= 0.6 is 0 Å². The Labute approximate surface area is 200 Å². The van der Waals surface area contributed by atoms with Crippen molar-refractivity contribution in [2.75, 3.05) is 13.7 Å². The summed E-state index contributed by atoms with van der Waals surface area (Å²) < 4.78 is 13.2. The van der Waals surface area contributed by atoms with Crippen LogP contribution in [0.3, 0.4) is 0 Å². The third kappa shape index (κ3) is 2.78. The molecule has 6 fully saturated rings. The van der Waals surface area contributed by atoms with Gasteiger partial charge in [0.2, 0.25) is 0 Å². The number of fused-ring (bicyclic) bond motifs is 8. The van der Waals surface area contributed by atoms with E-state index in [4.69, 9.17) is 15.2 Å². The lowest BCUT2D eigenvalue weighted by molar-refractivity contribution is -0.309. The molecule has 2 saturated heterocycles. The predicted octanol–water partition coefficient (Wildman–Crippen LogP) is 4.22. The van der Waals surface area contributed by atoms with Gasteiger partial charge in [-0.15, -0.1) is 0 Å². The van der Waals surface area contributed by atoms with E-state index in [9.17, 15) is 5.11 Å². The molecule has 2 heterocycles. The number of rotatable bonds is 1. The molecular weight excluding hydrogens is 412 g/mol. The lowest BCUT2D eigenvalue weighted by Crippen LogP contribution is -2.69. The fourth-order valence-corrected chi connectivity index (χ4v) is 10.8. The van der Waals surface area contributed by atoms with Gasteiger partial charge >= 0.3 is 0 Å². The molecule has 188 valence electrons. The molecule has 0 bridgehead atoms. The van der Waals surface area contributed by atoms with Gasteiger partial charge in [0.05, 0.1) is 17.7 Å². The Morgan fingerprint density at radius 1 is 1.03 bits per heavy atom. The summed E-state index contributed by atoms with van der Waals surface area (Å²) >= 11 is 0. The summed E-state index contributed by atoms with van der Waals surface area (Å²) in [4.78, 5) is 0. The highest BCUT2D eigenvalue weighted by molar-refractivity contribution is 5.24. The van der Waals surface area contributed by atoms with Gasteiger partial charge in [0.1, 0.15) is 0 Å². The zero-order chi connectivity index (χ0) is 23.4. The van der Waals surface area contributed by atoms with Crippen molar-refractivity contribution in [2.45, 2.75) is 121 Å². The van der Waals surface area contributed by atoms with E-state index in [0.717, 1.165) is 57.9 Å². The molecule has 5 heteroatoms. The van der Waals surface area contributed by atoms with Crippen LogP contribution in [0.15, 0.2) is 0 Å². The van der Waals surface area contributed by atoms with Gasteiger partial charge in [0.15, 0.2) is 5.79 Å². The van der Waals surface area contributed by atoms with Gasteiger partial charge in [-0.05, 0) is 98.8 Å². The zero-order valence-corrected chi connectivity index (χ0v) is 21.7. The maximum atomic E-state index is 12.8. The van der Waals surface area contributed by atoms with Crippen molar-refractivity contribution in [3.63, 3.8) is 0 Å². The Morgan fingerprint density at radius 3 is 2.58 bits per heavy atom. The van der Waals surface area contributed by atoms with Crippen molar-refractivity contribution in [1.82, 2.24) is 5.32 Å².